The summed E-state index contributed by atoms with van der Waals surface area (Å²) in [6.45, 7) is -0.0252. The Kier molecular flexibility index (Phi) is 3.34. The zero-order chi connectivity index (χ0) is 14.3. The molecule has 0 bridgehead atoms. The van der Waals surface area contributed by atoms with Gasteiger partial charge in [-0.1, -0.05) is 24.4 Å². The van der Waals surface area contributed by atoms with E-state index in [9.17, 15) is 14.4 Å². The number of anilines is 1. The molecule has 0 spiro atoms. The van der Waals surface area contributed by atoms with Crippen molar-refractivity contribution in [1.29, 1.82) is 0 Å². The first-order valence-electron chi connectivity index (χ1n) is 6.76. The molecule has 1 aromatic carbocycles. The molecule has 0 atom stereocenters. The van der Waals surface area contributed by atoms with Gasteiger partial charge in [-0.2, -0.15) is 0 Å². The third-order valence-electron chi connectivity index (χ3n) is 4.06. The lowest BCUT2D eigenvalue weighted by Gasteiger charge is -2.18. The zero-order valence-corrected chi connectivity index (χ0v) is 11.7. The molecule has 0 saturated heterocycles. The molecule has 1 saturated carbocycles. The fourth-order valence-corrected chi connectivity index (χ4v) is 3.12. The molecule has 0 unspecified atom stereocenters. The van der Waals surface area contributed by atoms with E-state index in [1.807, 2.05) is 0 Å². The fourth-order valence-electron chi connectivity index (χ4n) is 2.96. The second-order valence-corrected chi connectivity index (χ2v) is 5.77. The molecule has 2 aliphatic rings. The first-order valence-corrected chi connectivity index (χ1v) is 7.14. The first kappa shape index (κ1) is 13.3. The lowest BCUT2D eigenvalue weighted by molar-refractivity contribution is -0.123. The van der Waals surface area contributed by atoms with Crippen LogP contribution in [0.5, 0.6) is 0 Å². The van der Waals surface area contributed by atoms with Gasteiger partial charge in [0.2, 0.25) is 0 Å². The van der Waals surface area contributed by atoms with Crippen molar-refractivity contribution in [2.75, 3.05) is 11.4 Å². The van der Waals surface area contributed by atoms with Crippen molar-refractivity contribution in [3.8, 4) is 0 Å². The maximum atomic E-state index is 12.2. The number of nitrogens with zero attached hydrogens (tertiary/aromatic N) is 1. The van der Waals surface area contributed by atoms with Crippen LogP contribution >= 0.6 is 11.6 Å². The SMILES string of the molecule is O=C1C(=O)N(CC(=O)C2CCCC2)c2cc(Cl)ccc21. The smallest absolute Gasteiger partial charge is 0.297 e. The molecule has 1 amide bonds. The van der Waals surface area contributed by atoms with Crippen LogP contribution in [0, 0.1) is 5.92 Å². The van der Waals surface area contributed by atoms with Crippen LogP contribution in [0.3, 0.4) is 0 Å². The minimum atomic E-state index is -0.631. The summed E-state index contributed by atoms with van der Waals surface area (Å²) in [5.41, 5.74) is 0.789. The predicted molar refractivity (Wildman–Crippen MR) is 75.1 cm³/mol. The summed E-state index contributed by atoms with van der Waals surface area (Å²) in [5, 5.41) is 0.449. The first-order chi connectivity index (χ1) is 9.58. The molecule has 20 heavy (non-hydrogen) atoms. The second kappa shape index (κ2) is 5.02. The van der Waals surface area contributed by atoms with Crippen molar-refractivity contribution in [2.24, 2.45) is 5.92 Å². The van der Waals surface area contributed by atoms with E-state index in [1.54, 1.807) is 12.1 Å². The third-order valence-corrected chi connectivity index (χ3v) is 4.29. The number of halogens is 1. The summed E-state index contributed by atoms with van der Waals surface area (Å²) in [6, 6.07) is 4.69. The van der Waals surface area contributed by atoms with E-state index in [-0.39, 0.29) is 18.2 Å². The molecular formula is C15H14ClNO3. The molecule has 0 radical (unpaired) electrons. The number of Topliss-reactive ketones (excluding diaryl/α,β-unsaturated/α-hetero) is 2. The van der Waals surface area contributed by atoms with Gasteiger partial charge in [-0.25, -0.2) is 0 Å². The molecule has 0 aromatic heterocycles. The van der Waals surface area contributed by atoms with Gasteiger partial charge in [-0.3, -0.25) is 19.3 Å². The van der Waals surface area contributed by atoms with Crippen LogP contribution in [-0.4, -0.2) is 24.0 Å². The van der Waals surface area contributed by atoms with Gasteiger partial charge < -0.3 is 0 Å². The van der Waals surface area contributed by atoms with Crippen LogP contribution in [0.15, 0.2) is 18.2 Å². The van der Waals surface area contributed by atoms with E-state index in [0.717, 1.165) is 25.7 Å². The summed E-state index contributed by atoms with van der Waals surface area (Å²) in [4.78, 5) is 37.4. The van der Waals surface area contributed by atoms with Crippen molar-refractivity contribution in [1.82, 2.24) is 0 Å². The number of benzene rings is 1. The standard InChI is InChI=1S/C15H14ClNO3/c16-10-5-6-11-12(7-10)17(15(20)14(11)19)8-13(18)9-3-1-2-4-9/h5-7,9H,1-4,8H2. The Morgan fingerprint density at radius 3 is 2.65 bits per heavy atom. The van der Waals surface area contributed by atoms with Gasteiger partial charge >= 0.3 is 0 Å². The van der Waals surface area contributed by atoms with Crippen molar-refractivity contribution < 1.29 is 14.4 Å². The van der Waals surface area contributed by atoms with Gasteiger partial charge in [0.1, 0.15) is 0 Å². The monoisotopic (exact) mass is 291 g/mol. The van der Waals surface area contributed by atoms with Crippen molar-refractivity contribution in [2.45, 2.75) is 25.7 Å². The highest BCUT2D eigenvalue weighted by molar-refractivity contribution is 6.53. The summed E-state index contributed by atoms with van der Waals surface area (Å²) in [6.07, 6.45) is 3.89. The van der Waals surface area contributed by atoms with Crippen LogP contribution in [-0.2, 0) is 9.59 Å². The van der Waals surface area contributed by atoms with E-state index in [4.69, 9.17) is 11.6 Å². The van der Waals surface area contributed by atoms with Gasteiger partial charge in [-0.15, -0.1) is 0 Å². The molecule has 4 nitrogen and oxygen atoms in total. The average Bonchev–Trinajstić information content (AvgIpc) is 3.03. The lowest BCUT2D eigenvalue weighted by Crippen LogP contribution is -2.36. The molecule has 3 rings (SSSR count). The van der Waals surface area contributed by atoms with E-state index >= 15 is 0 Å². The molecule has 1 fully saturated rings. The number of hydrogen-bond acceptors (Lipinski definition) is 3. The molecule has 1 heterocycles. The summed E-state index contributed by atoms with van der Waals surface area (Å²) in [5.74, 6) is -1.12. The third kappa shape index (κ3) is 2.14. The average molecular weight is 292 g/mol. The Bertz CT molecular complexity index is 605. The Balaban J connectivity index is 1.87. The van der Waals surface area contributed by atoms with E-state index < -0.39 is 11.7 Å². The van der Waals surface area contributed by atoms with E-state index in [2.05, 4.69) is 0 Å². The minimum Gasteiger partial charge on any atom is -0.297 e. The molecule has 1 aliphatic heterocycles. The summed E-state index contributed by atoms with van der Waals surface area (Å²) < 4.78 is 0. The van der Waals surface area contributed by atoms with Gasteiger partial charge in [-0.05, 0) is 31.0 Å². The quantitative estimate of drug-likeness (QED) is 0.805. The molecule has 0 N–H and O–H groups in total. The Labute approximate surface area is 121 Å². The van der Waals surface area contributed by atoms with Crippen LogP contribution in [0.1, 0.15) is 36.0 Å². The van der Waals surface area contributed by atoms with Gasteiger partial charge in [0.05, 0.1) is 17.8 Å². The molecule has 5 heteroatoms. The van der Waals surface area contributed by atoms with Crippen LogP contribution in [0.2, 0.25) is 5.02 Å². The maximum Gasteiger partial charge on any atom is 0.299 e. The van der Waals surface area contributed by atoms with Crippen LogP contribution in [0.25, 0.3) is 0 Å². The topological polar surface area (TPSA) is 54.5 Å². The number of ketones is 2. The number of hydrogen-bond donors (Lipinski definition) is 0. The minimum absolute atomic E-state index is 0.0252. The summed E-state index contributed by atoms with van der Waals surface area (Å²) >= 11 is 5.91. The number of carbonyl (C=O) groups is 3. The highest BCUT2D eigenvalue weighted by Gasteiger charge is 2.38. The number of amides is 1. The van der Waals surface area contributed by atoms with Crippen molar-refractivity contribution in [3.63, 3.8) is 0 Å². The molecule has 104 valence electrons. The predicted octanol–water partition coefficient (Wildman–Crippen LogP) is 2.63. The number of carbonyl (C=O) groups excluding carboxylic acids is 3. The number of fused-ring (bicyclic) bond motifs is 1. The fraction of sp³-hybridized carbons (Fsp3) is 0.400. The highest BCUT2D eigenvalue weighted by atomic mass is 35.5. The molecular weight excluding hydrogens is 278 g/mol. The van der Waals surface area contributed by atoms with Crippen molar-refractivity contribution >= 4 is 34.8 Å². The Morgan fingerprint density at radius 2 is 1.95 bits per heavy atom. The van der Waals surface area contributed by atoms with Gasteiger partial charge in [0.15, 0.2) is 5.78 Å². The molecule has 1 aliphatic carbocycles. The summed E-state index contributed by atoms with van der Waals surface area (Å²) in [7, 11) is 0. The Morgan fingerprint density at radius 1 is 1.25 bits per heavy atom. The number of rotatable bonds is 3. The van der Waals surface area contributed by atoms with Crippen molar-refractivity contribution in [3.05, 3.63) is 28.8 Å². The highest BCUT2D eigenvalue weighted by Crippen LogP contribution is 2.33. The van der Waals surface area contributed by atoms with Gasteiger partial charge in [0, 0.05) is 10.9 Å². The van der Waals surface area contributed by atoms with Crippen LogP contribution in [0.4, 0.5) is 5.69 Å². The van der Waals surface area contributed by atoms with E-state index in [1.165, 1.54) is 11.0 Å². The zero-order valence-electron chi connectivity index (χ0n) is 10.9. The second-order valence-electron chi connectivity index (χ2n) is 5.33. The van der Waals surface area contributed by atoms with Crippen LogP contribution < -0.4 is 4.90 Å². The normalized spacial score (nSPS) is 18.8. The van der Waals surface area contributed by atoms with Gasteiger partial charge in [0.25, 0.3) is 11.7 Å². The largest absolute Gasteiger partial charge is 0.299 e. The molecule has 1 aromatic rings. The lowest BCUT2D eigenvalue weighted by atomic mass is 10.0. The Hall–Kier alpha value is -1.68. The van der Waals surface area contributed by atoms with E-state index in [0.29, 0.717) is 16.3 Å². The maximum absolute atomic E-state index is 12.2.